The number of quaternary nitrogens is 1. The lowest BCUT2D eigenvalue weighted by Crippen LogP contribution is -3.09. The molecule has 1 amide bonds. The largest absolute Gasteiger partial charge is 0.348 e. The Morgan fingerprint density at radius 3 is 2.79 bits per heavy atom. The van der Waals surface area contributed by atoms with Crippen LogP contribution < -0.4 is 10.2 Å². The van der Waals surface area contributed by atoms with E-state index in [1.54, 1.807) is 4.68 Å². The van der Waals surface area contributed by atoms with Crippen molar-refractivity contribution < 1.29 is 9.69 Å². The van der Waals surface area contributed by atoms with Crippen molar-refractivity contribution in [1.82, 2.24) is 19.7 Å². The van der Waals surface area contributed by atoms with E-state index in [0.717, 1.165) is 34.7 Å². The lowest BCUT2D eigenvalue weighted by molar-refractivity contribution is -0.895. The first-order chi connectivity index (χ1) is 11.5. The number of aryl methyl sites for hydroxylation is 1. The van der Waals surface area contributed by atoms with Crippen LogP contribution in [-0.4, -0.2) is 39.9 Å². The molecule has 1 heterocycles. The summed E-state index contributed by atoms with van der Waals surface area (Å²) in [7, 11) is 3.92. The molecular weight excluding hydrogens is 322 g/mol. The maximum absolute atomic E-state index is 11.9. The molecule has 1 aliphatic rings. The first kappa shape index (κ1) is 16.9. The number of likely N-dealkylation sites (N-methyl/N-ethyl adjacent to an activating group) is 1. The van der Waals surface area contributed by atoms with Gasteiger partial charge in [-0.2, -0.15) is 4.68 Å². The quantitative estimate of drug-likeness (QED) is 0.756. The smallest absolute Gasteiger partial charge is 0.275 e. The summed E-state index contributed by atoms with van der Waals surface area (Å²) >= 11 is 5.52. The number of aromatic nitrogens is 3. The zero-order valence-corrected chi connectivity index (χ0v) is 15.2. The van der Waals surface area contributed by atoms with Gasteiger partial charge in [0.05, 0.1) is 7.05 Å². The summed E-state index contributed by atoms with van der Waals surface area (Å²) in [5.74, 6) is 0.949. The molecule has 0 spiro atoms. The molecule has 2 N–H and O–H groups in total. The van der Waals surface area contributed by atoms with Crippen molar-refractivity contribution in [1.29, 1.82) is 0 Å². The number of hydrogen-bond donors (Lipinski definition) is 2. The number of benzene rings is 1. The minimum Gasteiger partial charge on any atom is -0.348 e. The van der Waals surface area contributed by atoms with Gasteiger partial charge in [0.15, 0.2) is 19.0 Å². The summed E-state index contributed by atoms with van der Waals surface area (Å²) in [5, 5.41) is 7.70. The molecule has 0 saturated heterocycles. The first-order valence-corrected chi connectivity index (χ1v) is 8.67. The van der Waals surface area contributed by atoms with Gasteiger partial charge in [0, 0.05) is 18.7 Å². The van der Waals surface area contributed by atoms with Gasteiger partial charge in [0.1, 0.15) is 0 Å². The van der Waals surface area contributed by atoms with Gasteiger partial charge in [-0.15, -0.1) is 5.10 Å². The standard InChI is InChI=1S/C17H23N5OS/c1-12-6-4-5-7-14(12)16-19-22(17(24)21(16)3)11-20(2)10-15(23)18-13-8-9-13/h4-7,13H,8-11H2,1-3H3,(H,18,23)/p+1. The van der Waals surface area contributed by atoms with Crippen molar-refractivity contribution >= 4 is 18.1 Å². The van der Waals surface area contributed by atoms with Crippen LogP contribution in [-0.2, 0) is 18.5 Å². The topological polar surface area (TPSA) is 56.3 Å². The zero-order valence-electron chi connectivity index (χ0n) is 14.4. The molecular formula is C17H24N5OS+. The molecule has 1 unspecified atom stereocenters. The van der Waals surface area contributed by atoms with Crippen molar-refractivity contribution in [3.8, 4) is 11.4 Å². The maximum atomic E-state index is 11.9. The lowest BCUT2D eigenvalue weighted by Gasteiger charge is -2.13. The van der Waals surface area contributed by atoms with Gasteiger partial charge in [-0.25, -0.2) is 0 Å². The third-order valence-electron chi connectivity index (χ3n) is 4.25. The molecule has 24 heavy (non-hydrogen) atoms. The molecule has 1 fully saturated rings. The molecule has 6 nitrogen and oxygen atoms in total. The van der Waals surface area contributed by atoms with Crippen LogP contribution in [0.15, 0.2) is 24.3 Å². The molecule has 1 aromatic heterocycles. The van der Waals surface area contributed by atoms with E-state index in [0.29, 0.717) is 24.0 Å². The maximum Gasteiger partial charge on any atom is 0.275 e. The summed E-state index contributed by atoms with van der Waals surface area (Å²) in [6, 6.07) is 8.54. The molecule has 1 saturated carbocycles. The number of amides is 1. The zero-order chi connectivity index (χ0) is 17.3. The van der Waals surface area contributed by atoms with Crippen LogP contribution in [0.3, 0.4) is 0 Å². The highest BCUT2D eigenvalue weighted by Crippen LogP contribution is 2.21. The molecule has 1 aromatic carbocycles. The van der Waals surface area contributed by atoms with E-state index in [2.05, 4.69) is 29.5 Å². The van der Waals surface area contributed by atoms with Gasteiger partial charge in [-0.1, -0.05) is 24.3 Å². The fourth-order valence-corrected chi connectivity index (χ4v) is 2.93. The number of carbonyl (C=O) groups excluding carboxylic acids is 1. The predicted octanol–water partition coefficient (Wildman–Crippen LogP) is 0.677. The summed E-state index contributed by atoms with van der Waals surface area (Å²) in [5.41, 5.74) is 2.24. The Balaban J connectivity index is 1.74. The average molecular weight is 346 g/mol. The minimum absolute atomic E-state index is 0.0941. The molecule has 2 aromatic rings. The normalized spacial score (nSPS) is 15.3. The second-order valence-corrected chi connectivity index (χ2v) is 6.98. The van der Waals surface area contributed by atoms with E-state index >= 15 is 0 Å². The Kier molecular flexibility index (Phi) is 4.82. The number of nitrogens with zero attached hydrogens (tertiary/aromatic N) is 3. The van der Waals surface area contributed by atoms with E-state index in [9.17, 15) is 4.79 Å². The van der Waals surface area contributed by atoms with Crippen molar-refractivity contribution in [3.05, 3.63) is 34.6 Å². The SMILES string of the molecule is Cc1ccccc1-c1nn(C[NH+](C)CC(=O)NC2CC2)c(=S)n1C. The van der Waals surface area contributed by atoms with Gasteiger partial charge >= 0.3 is 0 Å². The highest BCUT2D eigenvalue weighted by molar-refractivity contribution is 7.71. The van der Waals surface area contributed by atoms with Gasteiger partial charge < -0.3 is 14.8 Å². The fraction of sp³-hybridized carbons (Fsp3) is 0.471. The van der Waals surface area contributed by atoms with E-state index in [1.807, 2.05) is 30.8 Å². The predicted molar refractivity (Wildman–Crippen MR) is 95.1 cm³/mol. The number of rotatable bonds is 6. The summed E-state index contributed by atoms with van der Waals surface area (Å²) < 4.78 is 4.39. The first-order valence-electron chi connectivity index (χ1n) is 8.26. The third kappa shape index (κ3) is 3.73. The number of nitrogens with one attached hydrogen (secondary N) is 2. The van der Waals surface area contributed by atoms with E-state index in [4.69, 9.17) is 12.2 Å². The van der Waals surface area contributed by atoms with Crippen LogP contribution in [0.1, 0.15) is 18.4 Å². The van der Waals surface area contributed by atoms with Crippen LogP contribution in [0.5, 0.6) is 0 Å². The monoisotopic (exact) mass is 346 g/mol. The van der Waals surface area contributed by atoms with Crippen LogP contribution in [0.4, 0.5) is 0 Å². The van der Waals surface area contributed by atoms with Crippen molar-refractivity contribution in [2.75, 3.05) is 13.6 Å². The van der Waals surface area contributed by atoms with Crippen LogP contribution >= 0.6 is 12.2 Å². The fourth-order valence-electron chi connectivity index (χ4n) is 2.74. The number of carbonyl (C=O) groups is 1. The van der Waals surface area contributed by atoms with Gasteiger partial charge in [-0.3, -0.25) is 4.79 Å². The van der Waals surface area contributed by atoms with Crippen LogP contribution in [0, 0.1) is 11.7 Å². The van der Waals surface area contributed by atoms with Gasteiger partial charge in [0.2, 0.25) is 4.77 Å². The van der Waals surface area contributed by atoms with Crippen molar-refractivity contribution in [2.45, 2.75) is 32.5 Å². The Hall–Kier alpha value is -1.99. The van der Waals surface area contributed by atoms with E-state index in [-0.39, 0.29) is 5.91 Å². The highest BCUT2D eigenvalue weighted by Gasteiger charge is 2.24. The lowest BCUT2D eigenvalue weighted by atomic mass is 10.1. The molecule has 3 rings (SSSR count). The van der Waals surface area contributed by atoms with Crippen molar-refractivity contribution in [2.24, 2.45) is 7.05 Å². The molecule has 0 bridgehead atoms. The summed E-state index contributed by atoms with van der Waals surface area (Å²) in [4.78, 5) is 13.0. The molecule has 0 aliphatic heterocycles. The number of hydrogen-bond acceptors (Lipinski definition) is 3. The Labute approximate surface area is 147 Å². The van der Waals surface area contributed by atoms with E-state index < -0.39 is 0 Å². The second-order valence-electron chi connectivity index (χ2n) is 6.61. The minimum atomic E-state index is 0.0941. The third-order valence-corrected chi connectivity index (χ3v) is 4.74. The Morgan fingerprint density at radius 2 is 2.12 bits per heavy atom. The molecule has 7 heteroatoms. The molecule has 1 aliphatic carbocycles. The average Bonchev–Trinajstić information content (AvgIpc) is 3.30. The molecule has 1 atom stereocenters. The summed E-state index contributed by atoms with van der Waals surface area (Å²) in [6.07, 6.45) is 2.21. The Morgan fingerprint density at radius 1 is 1.42 bits per heavy atom. The van der Waals surface area contributed by atoms with E-state index in [1.165, 1.54) is 0 Å². The summed E-state index contributed by atoms with van der Waals surface area (Å²) in [6.45, 7) is 3.06. The van der Waals surface area contributed by atoms with Crippen LogP contribution in [0.2, 0.25) is 0 Å². The van der Waals surface area contributed by atoms with Crippen molar-refractivity contribution in [3.63, 3.8) is 0 Å². The van der Waals surface area contributed by atoms with Gasteiger partial charge in [0.25, 0.3) is 5.91 Å². The van der Waals surface area contributed by atoms with Gasteiger partial charge in [-0.05, 0) is 37.5 Å². The second kappa shape index (κ2) is 6.86. The highest BCUT2D eigenvalue weighted by atomic mass is 32.1. The Bertz CT molecular complexity index is 806. The molecule has 0 radical (unpaired) electrons. The van der Waals surface area contributed by atoms with Crippen LogP contribution in [0.25, 0.3) is 11.4 Å². The molecule has 128 valence electrons.